The van der Waals surface area contributed by atoms with E-state index in [9.17, 15) is 5.11 Å². The van der Waals surface area contributed by atoms with Crippen LogP contribution in [-0.4, -0.2) is 48.3 Å². The van der Waals surface area contributed by atoms with Crippen LogP contribution in [0.3, 0.4) is 0 Å². The normalized spacial score (nSPS) is 21.0. The Morgan fingerprint density at radius 2 is 2.19 bits per heavy atom. The maximum atomic E-state index is 10.4. The molecule has 1 saturated carbocycles. The number of nitrogens with one attached hydrogen (secondary N) is 2. The van der Waals surface area contributed by atoms with Crippen molar-refractivity contribution in [2.24, 2.45) is 4.99 Å². The summed E-state index contributed by atoms with van der Waals surface area (Å²) in [6.07, 6.45) is 2.99. The molecule has 3 unspecified atom stereocenters. The molecule has 3 atom stereocenters. The van der Waals surface area contributed by atoms with Crippen LogP contribution in [0.2, 0.25) is 0 Å². The van der Waals surface area contributed by atoms with Crippen LogP contribution in [0.25, 0.3) is 0 Å². The van der Waals surface area contributed by atoms with Crippen LogP contribution in [0.15, 0.2) is 29.3 Å². The van der Waals surface area contributed by atoms with E-state index in [0.717, 1.165) is 29.1 Å². The molecule has 1 aliphatic rings. The van der Waals surface area contributed by atoms with Gasteiger partial charge in [-0.3, -0.25) is 4.99 Å². The van der Waals surface area contributed by atoms with E-state index in [1.165, 1.54) is 25.0 Å². The lowest BCUT2D eigenvalue weighted by molar-refractivity contribution is 0.186. The van der Waals surface area contributed by atoms with Crippen LogP contribution >= 0.6 is 35.7 Å². The topological polar surface area (TPSA) is 65.9 Å². The van der Waals surface area contributed by atoms with Crippen molar-refractivity contribution in [3.63, 3.8) is 0 Å². The summed E-state index contributed by atoms with van der Waals surface area (Å²) in [7, 11) is 1.63. The van der Waals surface area contributed by atoms with Gasteiger partial charge in [0, 0.05) is 17.8 Å². The molecule has 26 heavy (non-hydrogen) atoms. The molecule has 1 aromatic carbocycles. The summed E-state index contributed by atoms with van der Waals surface area (Å²) in [5.41, 5.74) is 0.819. The molecule has 0 heterocycles. The molecule has 1 aliphatic carbocycles. The van der Waals surface area contributed by atoms with Crippen molar-refractivity contribution in [2.45, 2.75) is 50.5 Å². The molecule has 1 fully saturated rings. The fourth-order valence-corrected chi connectivity index (χ4v) is 4.25. The molecule has 1 aromatic rings. The van der Waals surface area contributed by atoms with E-state index in [0.29, 0.717) is 12.6 Å². The van der Waals surface area contributed by atoms with Crippen molar-refractivity contribution in [1.82, 2.24) is 10.6 Å². The average Bonchev–Trinajstić information content (AvgIpc) is 3.07. The highest BCUT2D eigenvalue weighted by molar-refractivity contribution is 14.0. The van der Waals surface area contributed by atoms with E-state index < -0.39 is 6.10 Å². The molecule has 0 saturated heterocycles. The summed E-state index contributed by atoms with van der Waals surface area (Å²) in [6, 6.07) is 7.97. The summed E-state index contributed by atoms with van der Waals surface area (Å²) in [5, 5.41) is 18.0. The van der Waals surface area contributed by atoms with Crippen LogP contribution < -0.4 is 15.4 Å². The van der Waals surface area contributed by atoms with E-state index in [-0.39, 0.29) is 24.0 Å². The van der Waals surface area contributed by atoms with E-state index in [1.807, 2.05) is 36.0 Å². The summed E-state index contributed by atoms with van der Waals surface area (Å²) in [4.78, 5) is 4.58. The zero-order valence-corrected chi connectivity index (χ0v) is 19.1. The van der Waals surface area contributed by atoms with Gasteiger partial charge in [-0.25, -0.2) is 0 Å². The molecule has 0 amide bonds. The molecule has 2 rings (SSSR count). The molecule has 0 aliphatic heterocycles. The molecule has 3 N–H and O–H groups in total. The second-order valence-corrected chi connectivity index (χ2v) is 7.82. The third kappa shape index (κ3) is 7.52. The van der Waals surface area contributed by atoms with E-state index in [1.54, 1.807) is 7.11 Å². The van der Waals surface area contributed by atoms with Crippen LogP contribution in [-0.2, 0) is 0 Å². The largest absolute Gasteiger partial charge is 0.497 e. The molecule has 0 aromatic heterocycles. The zero-order chi connectivity index (χ0) is 18.1. The van der Waals surface area contributed by atoms with Crippen LogP contribution in [0.4, 0.5) is 0 Å². The van der Waals surface area contributed by atoms with Crippen LogP contribution in [0.5, 0.6) is 5.75 Å². The van der Waals surface area contributed by atoms with Gasteiger partial charge in [0.2, 0.25) is 0 Å². The second kappa shape index (κ2) is 12.7. The molecular formula is C19H32IN3O2S. The van der Waals surface area contributed by atoms with Crippen molar-refractivity contribution in [1.29, 1.82) is 0 Å². The number of methoxy groups -OCH3 is 1. The first kappa shape index (κ1) is 23.4. The molecule has 5 nitrogen and oxygen atoms in total. The predicted octanol–water partition coefficient (Wildman–Crippen LogP) is 3.58. The van der Waals surface area contributed by atoms with Gasteiger partial charge >= 0.3 is 0 Å². The SMILES string of the molecule is CCNC(=NCC(O)c1cccc(OC)c1)NC1CCC(SCC)C1.I. The Balaban J connectivity index is 0.00000338. The fourth-order valence-electron chi connectivity index (χ4n) is 3.10. The number of nitrogens with zero attached hydrogens (tertiary/aromatic N) is 1. The standard InChI is InChI=1S/C19H31N3O2S.HI/c1-4-20-19(22-15-9-10-17(12-15)25-5-2)21-13-18(23)14-7-6-8-16(11-14)24-3;/h6-8,11,15,17-18,23H,4-5,9-10,12-13H2,1-3H3,(H2,20,21,22);1H. The lowest BCUT2D eigenvalue weighted by atomic mass is 10.1. The Hall–Kier alpha value is -0.670. The Kier molecular flexibility index (Phi) is 11.4. The van der Waals surface area contributed by atoms with Crippen molar-refractivity contribution in [3.05, 3.63) is 29.8 Å². The van der Waals surface area contributed by atoms with Gasteiger partial charge < -0.3 is 20.5 Å². The first-order valence-corrected chi connectivity index (χ1v) is 10.2. The Labute approximate surface area is 178 Å². The number of hydrogen-bond donors (Lipinski definition) is 3. The van der Waals surface area contributed by atoms with Gasteiger partial charge in [-0.05, 0) is 49.6 Å². The van der Waals surface area contributed by atoms with Gasteiger partial charge in [0.05, 0.1) is 19.8 Å². The van der Waals surface area contributed by atoms with E-state index in [4.69, 9.17) is 4.74 Å². The predicted molar refractivity (Wildman–Crippen MR) is 122 cm³/mol. The van der Waals surface area contributed by atoms with Gasteiger partial charge in [-0.1, -0.05) is 19.1 Å². The fraction of sp³-hybridized carbons (Fsp3) is 0.632. The summed E-state index contributed by atoms with van der Waals surface area (Å²) in [5.74, 6) is 2.71. The molecule has 0 bridgehead atoms. The van der Waals surface area contributed by atoms with Crippen LogP contribution in [0.1, 0.15) is 44.8 Å². The number of rotatable bonds is 8. The number of hydrogen-bond acceptors (Lipinski definition) is 4. The van der Waals surface area contributed by atoms with Crippen LogP contribution in [0, 0.1) is 0 Å². The minimum Gasteiger partial charge on any atom is -0.497 e. The van der Waals surface area contributed by atoms with E-state index >= 15 is 0 Å². The molecule has 0 radical (unpaired) electrons. The minimum absolute atomic E-state index is 0. The van der Waals surface area contributed by atoms with Gasteiger partial charge in [-0.15, -0.1) is 24.0 Å². The first-order valence-electron chi connectivity index (χ1n) is 9.14. The maximum Gasteiger partial charge on any atom is 0.191 e. The molecular weight excluding hydrogens is 461 g/mol. The van der Waals surface area contributed by atoms with Crippen molar-refractivity contribution in [2.75, 3.05) is 26.0 Å². The van der Waals surface area contributed by atoms with Gasteiger partial charge in [0.25, 0.3) is 0 Å². The average molecular weight is 493 g/mol. The number of thioether (sulfide) groups is 1. The van der Waals surface area contributed by atoms with Crippen molar-refractivity contribution >= 4 is 41.7 Å². The first-order chi connectivity index (χ1) is 12.2. The third-order valence-corrected chi connectivity index (χ3v) is 5.61. The number of aliphatic hydroxyl groups is 1. The highest BCUT2D eigenvalue weighted by atomic mass is 127. The van der Waals surface area contributed by atoms with Gasteiger partial charge in [0.1, 0.15) is 5.75 Å². The smallest absolute Gasteiger partial charge is 0.191 e. The lowest BCUT2D eigenvalue weighted by Gasteiger charge is -2.18. The van der Waals surface area contributed by atoms with Crippen molar-refractivity contribution < 1.29 is 9.84 Å². The van der Waals surface area contributed by atoms with E-state index in [2.05, 4.69) is 29.5 Å². The summed E-state index contributed by atoms with van der Waals surface area (Å²) < 4.78 is 5.21. The summed E-state index contributed by atoms with van der Waals surface area (Å²) >= 11 is 2.05. The maximum absolute atomic E-state index is 10.4. The highest BCUT2D eigenvalue weighted by Gasteiger charge is 2.25. The molecule has 7 heteroatoms. The lowest BCUT2D eigenvalue weighted by Crippen LogP contribution is -2.42. The highest BCUT2D eigenvalue weighted by Crippen LogP contribution is 2.29. The van der Waals surface area contributed by atoms with Gasteiger partial charge in [0.15, 0.2) is 5.96 Å². The number of aliphatic hydroxyl groups excluding tert-OH is 1. The Morgan fingerprint density at radius 1 is 1.38 bits per heavy atom. The zero-order valence-electron chi connectivity index (χ0n) is 15.9. The summed E-state index contributed by atoms with van der Waals surface area (Å²) in [6.45, 7) is 5.40. The number of benzene rings is 1. The second-order valence-electron chi connectivity index (χ2n) is 6.24. The van der Waals surface area contributed by atoms with Gasteiger partial charge in [-0.2, -0.15) is 11.8 Å². The molecule has 0 spiro atoms. The third-order valence-electron chi connectivity index (χ3n) is 4.37. The number of guanidine groups is 1. The minimum atomic E-state index is -0.641. The number of halogens is 1. The monoisotopic (exact) mass is 493 g/mol. The Bertz CT molecular complexity index is 559. The molecule has 148 valence electrons. The quantitative estimate of drug-likeness (QED) is 0.294. The Morgan fingerprint density at radius 3 is 2.88 bits per heavy atom. The number of aliphatic imine (C=N–C) groups is 1. The van der Waals surface area contributed by atoms with Crippen molar-refractivity contribution in [3.8, 4) is 5.75 Å². The number of ether oxygens (including phenoxy) is 1.